The Morgan fingerprint density at radius 3 is 2.59 bits per heavy atom. The van der Waals surface area contributed by atoms with Crippen LogP contribution in [-0.2, 0) is 6.42 Å². The van der Waals surface area contributed by atoms with Crippen LogP contribution in [-0.4, -0.2) is 29.6 Å². The van der Waals surface area contributed by atoms with Crippen molar-refractivity contribution in [3.63, 3.8) is 0 Å². The lowest BCUT2D eigenvalue weighted by Crippen LogP contribution is -2.13. The Balaban J connectivity index is 1.99. The van der Waals surface area contributed by atoms with Gasteiger partial charge in [0.15, 0.2) is 0 Å². The molecule has 7 nitrogen and oxygen atoms in total. The van der Waals surface area contributed by atoms with E-state index in [1.165, 1.54) is 13.4 Å². The summed E-state index contributed by atoms with van der Waals surface area (Å²) in [6.07, 6.45) is 2.23. The summed E-state index contributed by atoms with van der Waals surface area (Å²) in [6.45, 7) is 4.53. The molecule has 3 aromatic rings. The van der Waals surface area contributed by atoms with Crippen LogP contribution in [0.1, 0.15) is 29.8 Å². The quantitative estimate of drug-likeness (QED) is 0.602. The monoisotopic (exact) mass is 392 g/mol. The van der Waals surface area contributed by atoms with Crippen LogP contribution in [0.25, 0.3) is 11.3 Å². The normalized spacial score (nSPS) is 10.4. The summed E-state index contributed by atoms with van der Waals surface area (Å²) in [7, 11) is 1.51. The van der Waals surface area contributed by atoms with Gasteiger partial charge in [0.05, 0.1) is 25.0 Å². The molecule has 0 aliphatic carbocycles. The molecule has 0 unspecified atom stereocenters. The number of anilines is 2. The van der Waals surface area contributed by atoms with Crippen LogP contribution in [0.2, 0.25) is 0 Å². The number of nitrogens with two attached hydrogens (primary N) is 1. The minimum Gasteiger partial charge on any atom is -0.496 e. The molecule has 0 atom stereocenters. The molecule has 0 saturated carbocycles. The van der Waals surface area contributed by atoms with Crippen LogP contribution in [0, 0.1) is 0 Å². The SMILES string of the molecule is CCOc1ccccc1-c1cc(Nc2cc(C(N)=O)c(OC)cc2CC)ncn1. The molecule has 2 aromatic carbocycles. The summed E-state index contributed by atoms with van der Waals surface area (Å²) in [6, 6.07) is 13.1. The number of nitrogens with one attached hydrogen (secondary N) is 1. The lowest BCUT2D eigenvalue weighted by Gasteiger charge is -2.15. The van der Waals surface area contributed by atoms with E-state index >= 15 is 0 Å². The number of primary amides is 1. The summed E-state index contributed by atoms with van der Waals surface area (Å²) in [5.41, 5.74) is 9.13. The van der Waals surface area contributed by atoms with Crippen LogP contribution in [0.3, 0.4) is 0 Å². The number of carbonyl (C=O) groups excluding carboxylic acids is 1. The maximum atomic E-state index is 11.8. The van der Waals surface area contributed by atoms with Crippen LogP contribution >= 0.6 is 0 Å². The maximum absolute atomic E-state index is 11.8. The number of nitrogens with zero attached hydrogens (tertiary/aromatic N) is 2. The standard InChI is InChI=1S/C22H24N4O3/c1-4-14-10-20(28-3)16(22(23)27)11-17(14)26-21-12-18(24-13-25-21)15-8-6-7-9-19(15)29-5-2/h6-13H,4-5H2,1-3H3,(H2,23,27)(H,24,25,26). The average Bonchev–Trinajstić information content (AvgIpc) is 2.74. The summed E-state index contributed by atoms with van der Waals surface area (Å²) >= 11 is 0. The van der Waals surface area contributed by atoms with Crippen LogP contribution in [0.15, 0.2) is 48.8 Å². The average molecular weight is 392 g/mol. The Morgan fingerprint density at radius 1 is 1.10 bits per heavy atom. The second-order valence-corrected chi connectivity index (χ2v) is 6.27. The number of amides is 1. The van der Waals surface area contributed by atoms with Gasteiger partial charge in [-0.25, -0.2) is 9.97 Å². The van der Waals surface area contributed by atoms with Crippen LogP contribution < -0.4 is 20.5 Å². The van der Waals surface area contributed by atoms with Gasteiger partial charge in [-0.05, 0) is 43.2 Å². The van der Waals surface area contributed by atoms with Crippen molar-refractivity contribution in [1.29, 1.82) is 0 Å². The van der Waals surface area contributed by atoms with Gasteiger partial charge in [0.1, 0.15) is 23.6 Å². The largest absolute Gasteiger partial charge is 0.496 e. The molecule has 1 aromatic heterocycles. The second kappa shape index (κ2) is 9.05. The predicted octanol–water partition coefficient (Wildman–Crippen LogP) is 3.96. The highest BCUT2D eigenvalue weighted by molar-refractivity contribution is 5.97. The highest BCUT2D eigenvalue weighted by atomic mass is 16.5. The number of para-hydroxylation sites is 1. The summed E-state index contributed by atoms with van der Waals surface area (Å²) < 4.78 is 11.0. The number of methoxy groups -OCH3 is 1. The molecule has 3 rings (SSSR count). The number of ether oxygens (including phenoxy) is 2. The molecule has 0 spiro atoms. The summed E-state index contributed by atoms with van der Waals surface area (Å²) in [5.74, 6) is 1.25. The lowest BCUT2D eigenvalue weighted by atomic mass is 10.0. The van der Waals surface area contributed by atoms with Gasteiger partial charge in [0.2, 0.25) is 0 Å². The number of benzene rings is 2. The molecule has 1 heterocycles. The van der Waals surface area contributed by atoms with E-state index in [9.17, 15) is 4.79 Å². The first kappa shape index (κ1) is 20.1. The molecule has 0 aliphatic rings. The van der Waals surface area contributed by atoms with E-state index in [0.717, 1.165) is 34.7 Å². The smallest absolute Gasteiger partial charge is 0.252 e. The van der Waals surface area contributed by atoms with Crippen molar-refractivity contribution in [1.82, 2.24) is 9.97 Å². The van der Waals surface area contributed by atoms with Gasteiger partial charge in [-0.15, -0.1) is 0 Å². The molecule has 0 aliphatic heterocycles. The Bertz CT molecular complexity index is 1020. The zero-order chi connectivity index (χ0) is 20.8. The molecule has 0 bridgehead atoms. The fraction of sp³-hybridized carbons (Fsp3) is 0.227. The van der Waals surface area contributed by atoms with Crippen LogP contribution in [0.4, 0.5) is 11.5 Å². The van der Waals surface area contributed by atoms with Crippen molar-refractivity contribution in [2.45, 2.75) is 20.3 Å². The predicted molar refractivity (Wildman–Crippen MR) is 113 cm³/mol. The lowest BCUT2D eigenvalue weighted by molar-refractivity contribution is 0.0997. The number of aryl methyl sites for hydroxylation is 1. The van der Waals surface area contributed by atoms with Gasteiger partial charge in [0.25, 0.3) is 5.91 Å². The van der Waals surface area contributed by atoms with Gasteiger partial charge in [-0.3, -0.25) is 4.79 Å². The van der Waals surface area contributed by atoms with E-state index in [1.54, 1.807) is 6.07 Å². The Kier molecular flexibility index (Phi) is 6.29. The first-order valence-corrected chi connectivity index (χ1v) is 9.39. The summed E-state index contributed by atoms with van der Waals surface area (Å²) in [5, 5.41) is 3.28. The molecular weight excluding hydrogens is 368 g/mol. The maximum Gasteiger partial charge on any atom is 0.252 e. The van der Waals surface area contributed by atoms with Gasteiger partial charge >= 0.3 is 0 Å². The number of rotatable bonds is 8. The Morgan fingerprint density at radius 2 is 1.90 bits per heavy atom. The molecular formula is C22H24N4O3. The van der Waals surface area contributed by atoms with Crippen molar-refractivity contribution in [2.24, 2.45) is 5.73 Å². The highest BCUT2D eigenvalue weighted by Gasteiger charge is 2.15. The minimum atomic E-state index is -0.554. The van der Waals surface area contributed by atoms with E-state index in [-0.39, 0.29) is 0 Å². The van der Waals surface area contributed by atoms with Crippen molar-refractivity contribution in [2.75, 3.05) is 19.0 Å². The summed E-state index contributed by atoms with van der Waals surface area (Å²) in [4.78, 5) is 20.5. The second-order valence-electron chi connectivity index (χ2n) is 6.27. The number of carbonyl (C=O) groups is 1. The molecule has 0 radical (unpaired) electrons. The first-order chi connectivity index (χ1) is 14.1. The molecule has 0 saturated heterocycles. The topological polar surface area (TPSA) is 99.4 Å². The van der Waals surface area contributed by atoms with E-state index in [2.05, 4.69) is 15.3 Å². The Labute approximate surface area is 169 Å². The molecule has 3 N–H and O–H groups in total. The van der Waals surface area contributed by atoms with Crippen molar-refractivity contribution < 1.29 is 14.3 Å². The zero-order valence-electron chi connectivity index (χ0n) is 16.7. The molecule has 7 heteroatoms. The zero-order valence-corrected chi connectivity index (χ0v) is 16.7. The number of aromatic nitrogens is 2. The Hall–Kier alpha value is -3.61. The third-order valence-electron chi connectivity index (χ3n) is 4.46. The fourth-order valence-electron chi connectivity index (χ4n) is 3.06. The third kappa shape index (κ3) is 4.45. The minimum absolute atomic E-state index is 0.308. The van der Waals surface area contributed by atoms with Gasteiger partial charge in [0, 0.05) is 17.3 Å². The number of hydrogen-bond donors (Lipinski definition) is 2. The molecule has 29 heavy (non-hydrogen) atoms. The third-order valence-corrected chi connectivity index (χ3v) is 4.46. The van der Waals surface area contributed by atoms with Gasteiger partial charge in [-0.1, -0.05) is 19.1 Å². The molecule has 150 valence electrons. The van der Waals surface area contributed by atoms with Gasteiger partial charge < -0.3 is 20.5 Å². The van der Waals surface area contributed by atoms with Crippen LogP contribution in [0.5, 0.6) is 11.5 Å². The molecule has 0 fully saturated rings. The van der Waals surface area contributed by atoms with Gasteiger partial charge in [-0.2, -0.15) is 0 Å². The highest BCUT2D eigenvalue weighted by Crippen LogP contribution is 2.32. The van der Waals surface area contributed by atoms with E-state index in [0.29, 0.717) is 23.7 Å². The van der Waals surface area contributed by atoms with E-state index in [4.69, 9.17) is 15.2 Å². The first-order valence-electron chi connectivity index (χ1n) is 9.39. The van der Waals surface area contributed by atoms with Crippen molar-refractivity contribution >= 4 is 17.4 Å². The van der Waals surface area contributed by atoms with E-state index in [1.807, 2.05) is 50.2 Å². The molecule has 1 amide bonds. The van der Waals surface area contributed by atoms with E-state index < -0.39 is 5.91 Å². The number of hydrogen-bond acceptors (Lipinski definition) is 6. The van der Waals surface area contributed by atoms with Crippen molar-refractivity contribution in [3.05, 3.63) is 59.9 Å². The fourth-order valence-corrected chi connectivity index (χ4v) is 3.06. The van der Waals surface area contributed by atoms with Crippen molar-refractivity contribution in [3.8, 4) is 22.8 Å².